The predicted molar refractivity (Wildman–Crippen MR) is 66.4 cm³/mol. The number of nitrogen functional groups attached to an aromatic ring is 1. The fraction of sp³-hybridized carbons (Fsp3) is 0.455. The van der Waals surface area contributed by atoms with Gasteiger partial charge in [0.2, 0.25) is 10.0 Å². The van der Waals surface area contributed by atoms with E-state index in [2.05, 4.69) is 0 Å². The van der Waals surface area contributed by atoms with Crippen molar-refractivity contribution in [1.29, 1.82) is 0 Å². The maximum Gasteiger partial charge on any atom is 0.246 e. The number of nitrogens with zero attached hydrogens (tertiary/aromatic N) is 1. The van der Waals surface area contributed by atoms with Gasteiger partial charge in [-0.2, -0.15) is 4.31 Å². The van der Waals surface area contributed by atoms with Crippen molar-refractivity contribution in [2.75, 3.05) is 32.1 Å². The molecule has 0 spiro atoms. The van der Waals surface area contributed by atoms with Gasteiger partial charge in [0.15, 0.2) is 0 Å². The number of anilines is 1. The third kappa shape index (κ3) is 2.71. The fourth-order valence-electron chi connectivity index (χ4n) is 1.95. The monoisotopic (exact) mass is 290 g/mol. The molecule has 6 nitrogen and oxygen atoms in total. The van der Waals surface area contributed by atoms with Crippen LogP contribution in [0.15, 0.2) is 23.1 Å². The van der Waals surface area contributed by atoms with Crippen LogP contribution >= 0.6 is 0 Å². The number of hydrogen-bond acceptors (Lipinski definition) is 5. The maximum atomic E-state index is 13.8. The minimum absolute atomic E-state index is 0.0807. The molecule has 0 saturated carbocycles. The van der Waals surface area contributed by atoms with Gasteiger partial charge in [0, 0.05) is 12.2 Å². The molecule has 0 amide bonds. The van der Waals surface area contributed by atoms with E-state index < -0.39 is 26.8 Å². The van der Waals surface area contributed by atoms with Crippen molar-refractivity contribution < 1.29 is 22.7 Å². The Morgan fingerprint density at radius 2 is 2.26 bits per heavy atom. The molecule has 19 heavy (non-hydrogen) atoms. The SMILES string of the molecule is Nc1ccc(S(=O)(=O)N2CCOCC2CO)c(F)c1. The van der Waals surface area contributed by atoms with E-state index in [1.54, 1.807) is 0 Å². The molecule has 0 bridgehead atoms. The molecule has 1 heterocycles. The highest BCUT2D eigenvalue weighted by Crippen LogP contribution is 2.24. The molecule has 0 aliphatic carbocycles. The number of hydrogen-bond donors (Lipinski definition) is 2. The Labute approximate surface area is 110 Å². The van der Waals surface area contributed by atoms with Crippen LogP contribution in [-0.2, 0) is 14.8 Å². The van der Waals surface area contributed by atoms with E-state index in [9.17, 15) is 17.9 Å². The molecule has 1 unspecified atom stereocenters. The molecule has 1 aliphatic heterocycles. The van der Waals surface area contributed by atoms with E-state index >= 15 is 0 Å². The van der Waals surface area contributed by atoms with Crippen LogP contribution in [0.2, 0.25) is 0 Å². The van der Waals surface area contributed by atoms with E-state index in [4.69, 9.17) is 10.5 Å². The summed E-state index contributed by atoms with van der Waals surface area (Å²) in [5.74, 6) is -0.900. The third-order valence-corrected chi connectivity index (χ3v) is 4.91. The lowest BCUT2D eigenvalue weighted by molar-refractivity contribution is 0.0108. The molecule has 1 aromatic carbocycles. The summed E-state index contributed by atoms with van der Waals surface area (Å²) < 4.78 is 44.7. The van der Waals surface area contributed by atoms with Gasteiger partial charge in [-0.05, 0) is 18.2 Å². The largest absolute Gasteiger partial charge is 0.399 e. The summed E-state index contributed by atoms with van der Waals surface area (Å²) in [5, 5.41) is 9.19. The Bertz CT molecular complexity index is 564. The molecule has 2 rings (SSSR count). The summed E-state index contributed by atoms with van der Waals surface area (Å²) in [5.41, 5.74) is 5.54. The summed E-state index contributed by atoms with van der Waals surface area (Å²) in [6, 6.07) is 2.71. The predicted octanol–water partition coefficient (Wildman–Crippen LogP) is -0.210. The highest BCUT2D eigenvalue weighted by Gasteiger charge is 2.35. The zero-order valence-corrected chi connectivity index (χ0v) is 10.9. The smallest absolute Gasteiger partial charge is 0.246 e. The van der Waals surface area contributed by atoms with Gasteiger partial charge in [-0.1, -0.05) is 0 Å². The number of aliphatic hydroxyl groups excluding tert-OH is 1. The van der Waals surface area contributed by atoms with Crippen molar-refractivity contribution in [3.63, 3.8) is 0 Å². The Morgan fingerprint density at radius 1 is 1.53 bits per heavy atom. The quantitative estimate of drug-likeness (QED) is 0.751. The third-order valence-electron chi connectivity index (χ3n) is 2.93. The Balaban J connectivity index is 2.40. The van der Waals surface area contributed by atoms with Crippen molar-refractivity contribution in [2.45, 2.75) is 10.9 Å². The van der Waals surface area contributed by atoms with Crippen LogP contribution in [0.4, 0.5) is 10.1 Å². The number of halogens is 1. The lowest BCUT2D eigenvalue weighted by Crippen LogP contribution is -2.50. The van der Waals surface area contributed by atoms with Crippen LogP contribution in [-0.4, -0.2) is 50.2 Å². The summed E-state index contributed by atoms with van der Waals surface area (Å²) in [7, 11) is -4.01. The van der Waals surface area contributed by atoms with Crippen molar-refractivity contribution >= 4 is 15.7 Å². The van der Waals surface area contributed by atoms with E-state index in [0.29, 0.717) is 0 Å². The van der Waals surface area contributed by atoms with Gasteiger partial charge in [-0.3, -0.25) is 0 Å². The van der Waals surface area contributed by atoms with Crippen molar-refractivity contribution in [1.82, 2.24) is 4.31 Å². The van der Waals surface area contributed by atoms with Crippen LogP contribution in [0.3, 0.4) is 0 Å². The standard InChI is InChI=1S/C11H15FN2O4S/c12-10-5-8(13)1-2-11(10)19(16,17)14-3-4-18-7-9(14)6-15/h1-2,5,9,15H,3-4,6-7,13H2. The van der Waals surface area contributed by atoms with Crippen molar-refractivity contribution in [3.05, 3.63) is 24.0 Å². The normalized spacial score (nSPS) is 21.5. The Kier molecular flexibility index (Phi) is 4.04. The molecule has 0 aromatic heterocycles. The number of rotatable bonds is 3. The first-order valence-corrected chi connectivity index (χ1v) is 7.16. The number of sulfonamides is 1. The Morgan fingerprint density at radius 3 is 2.89 bits per heavy atom. The highest BCUT2D eigenvalue weighted by molar-refractivity contribution is 7.89. The van der Waals surface area contributed by atoms with E-state index in [0.717, 1.165) is 16.4 Å². The lowest BCUT2D eigenvalue weighted by atomic mass is 10.3. The number of benzene rings is 1. The van der Waals surface area contributed by atoms with Gasteiger partial charge in [0.05, 0.1) is 25.9 Å². The topological polar surface area (TPSA) is 92.9 Å². The molecule has 1 aromatic rings. The molecule has 1 atom stereocenters. The van der Waals surface area contributed by atoms with Gasteiger partial charge < -0.3 is 15.6 Å². The molecule has 3 N–H and O–H groups in total. The number of morpholine rings is 1. The van der Waals surface area contributed by atoms with E-state index in [1.807, 2.05) is 0 Å². The number of nitrogens with two attached hydrogens (primary N) is 1. The van der Waals surface area contributed by atoms with Crippen LogP contribution in [0.5, 0.6) is 0 Å². The average molecular weight is 290 g/mol. The first-order chi connectivity index (χ1) is 8.96. The molecule has 1 fully saturated rings. The van der Waals surface area contributed by atoms with Crippen molar-refractivity contribution in [3.8, 4) is 0 Å². The second kappa shape index (κ2) is 5.41. The summed E-state index contributed by atoms with van der Waals surface area (Å²) in [6.07, 6.45) is 0. The van der Waals surface area contributed by atoms with Gasteiger partial charge >= 0.3 is 0 Å². The van der Waals surface area contributed by atoms with Gasteiger partial charge in [-0.15, -0.1) is 0 Å². The van der Waals surface area contributed by atoms with Gasteiger partial charge in [0.25, 0.3) is 0 Å². The van der Waals surface area contributed by atoms with Gasteiger partial charge in [0.1, 0.15) is 10.7 Å². The van der Waals surface area contributed by atoms with Crippen LogP contribution in [0.1, 0.15) is 0 Å². The molecule has 0 radical (unpaired) electrons. The summed E-state index contributed by atoms with van der Waals surface area (Å²) in [6.45, 7) is 0.00579. The lowest BCUT2D eigenvalue weighted by Gasteiger charge is -2.33. The minimum Gasteiger partial charge on any atom is -0.399 e. The second-order valence-corrected chi connectivity index (χ2v) is 6.08. The highest BCUT2D eigenvalue weighted by atomic mass is 32.2. The second-order valence-electron chi connectivity index (χ2n) is 4.22. The first kappa shape index (κ1) is 14.2. The van der Waals surface area contributed by atoms with E-state index in [-0.39, 0.29) is 32.1 Å². The van der Waals surface area contributed by atoms with Crippen molar-refractivity contribution in [2.24, 2.45) is 0 Å². The molecule has 1 saturated heterocycles. The number of aliphatic hydroxyl groups is 1. The van der Waals surface area contributed by atoms with E-state index in [1.165, 1.54) is 6.07 Å². The molecule has 1 aliphatic rings. The molecule has 106 valence electrons. The zero-order valence-electron chi connectivity index (χ0n) is 10.1. The minimum atomic E-state index is -4.01. The Hall–Kier alpha value is -1.22. The molecular formula is C11H15FN2O4S. The van der Waals surface area contributed by atoms with Crippen LogP contribution in [0, 0.1) is 5.82 Å². The first-order valence-electron chi connectivity index (χ1n) is 5.72. The van der Waals surface area contributed by atoms with Crippen LogP contribution < -0.4 is 5.73 Å². The number of ether oxygens (including phenoxy) is 1. The summed E-state index contributed by atoms with van der Waals surface area (Å²) in [4.78, 5) is -0.443. The molecule has 8 heteroatoms. The maximum absolute atomic E-state index is 13.8. The van der Waals surface area contributed by atoms with Gasteiger partial charge in [-0.25, -0.2) is 12.8 Å². The fourth-order valence-corrected chi connectivity index (χ4v) is 3.59. The zero-order chi connectivity index (χ0) is 14.0. The summed E-state index contributed by atoms with van der Waals surface area (Å²) >= 11 is 0. The van der Waals surface area contributed by atoms with Crippen LogP contribution in [0.25, 0.3) is 0 Å². The molecular weight excluding hydrogens is 275 g/mol. The average Bonchev–Trinajstić information content (AvgIpc) is 2.38.